The van der Waals surface area contributed by atoms with Crippen molar-refractivity contribution < 1.29 is 36.7 Å². The highest BCUT2D eigenvalue weighted by Crippen LogP contribution is 2.23. The first kappa shape index (κ1) is 33.1. The highest BCUT2D eigenvalue weighted by atomic mass is 19.4. The Balaban J connectivity index is 1.19. The second kappa shape index (κ2) is 14.8. The van der Waals surface area contributed by atoms with E-state index in [1.165, 1.54) is 42.1 Å². The van der Waals surface area contributed by atoms with Gasteiger partial charge in [0.05, 0.1) is 19.3 Å². The molecule has 2 aromatic heterocycles. The first-order chi connectivity index (χ1) is 21.3. The Hall–Kier alpha value is -4.80. The Kier molecular flexibility index (Phi) is 10.9. The summed E-state index contributed by atoms with van der Waals surface area (Å²) in [5, 5.41) is 12.6. The monoisotopic (exact) mass is 636 g/mol. The van der Waals surface area contributed by atoms with Gasteiger partial charge in [-0.1, -0.05) is 17.3 Å². The summed E-state index contributed by atoms with van der Waals surface area (Å²) in [7, 11) is 0. The summed E-state index contributed by atoms with van der Waals surface area (Å²) in [6, 6.07) is 7.92. The van der Waals surface area contributed by atoms with Gasteiger partial charge in [0.15, 0.2) is 5.69 Å². The standard InChI is InChI=1S/C28H32F4N8O5/c1-19(41)38-11-9-37(10-12-38)18-25(42)34-22-6-8-39(26(43)14-22)7-5-21(29)16-40-17-24(35-36-40)27(44)33-15-20-3-2-4-23(13-20)45-28(30,31)32/h2-4,6,8,13-14,17,21H,5,7,9-12,15-16,18H2,1H3,(H,33,44)(H,34,42). The number of carbonyl (C=O) groups excluding carboxylic acids is 3. The van der Waals surface area contributed by atoms with Crippen molar-refractivity contribution in [2.75, 3.05) is 38.0 Å². The smallest absolute Gasteiger partial charge is 0.406 e. The van der Waals surface area contributed by atoms with E-state index in [0.717, 1.165) is 16.8 Å². The molecule has 2 N–H and O–H groups in total. The second-order valence-corrected chi connectivity index (χ2v) is 10.4. The van der Waals surface area contributed by atoms with Crippen LogP contribution in [0, 0.1) is 0 Å². The molecule has 0 saturated carbocycles. The maximum atomic E-state index is 14.7. The molecule has 1 fully saturated rings. The third-order valence-electron chi connectivity index (χ3n) is 6.89. The minimum Gasteiger partial charge on any atom is -0.406 e. The summed E-state index contributed by atoms with van der Waals surface area (Å²) in [6.45, 7) is 3.58. The van der Waals surface area contributed by atoms with E-state index >= 15 is 0 Å². The summed E-state index contributed by atoms with van der Waals surface area (Å²) in [5.41, 5.74) is 0.131. The zero-order chi connectivity index (χ0) is 32.6. The average Bonchev–Trinajstić information content (AvgIpc) is 3.43. The van der Waals surface area contributed by atoms with Crippen LogP contribution in [0.2, 0.25) is 0 Å². The van der Waals surface area contributed by atoms with Gasteiger partial charge in [0.1, 0.15) is 11.9 Å². The highest BCUT2D eigenvalue weighted by Gasteiger charge is 2.31. The quantitative estimate of drug-likeness (QED) is 0.287. The van der Waals surface area contributed by atoms with Crippen LogP contribution in [0.4, 0.5) is 23.2 Å². The highest BCUT2D eigenvalue weighted by molar-refractivity contribution is 5.92. The van der Waals surface area contributed by atoms with Gasteiger partial charge < -0.3 is 24.8 Å². The number of benzene rings is 1. The van der Waals surface area contributed by atoms with Crippen molar-refractivity contribution in [1.82, 2.24) is 34.7 Å². The third-order valence-corrected chi connectivity index (χ3v) is 6.89. The van der Waals surface area contributed by atoms with E-state index in [0.29, 0.717) is 37.4 Å². The molecule has 1 aliphatic rings. The number of piperazine rings is 1. The number of pyridine rings is 1. The molecule has 3 aromatic rings. The Bertz CT molecular complexity index is 1550. The van der Waals surface area contributed by atoms with Gasteiger partial charge in [-0.15, -0.1) is 18.3 Å². The number of hydrogen-bond acceptors (Lipinski definition) is 8. The van der Waals surface area contributed by atoms with E-state index in [9.17, 15) is 36.7 Å². The van der Waals surface area contributed by atoms with Crippen LogP contribution in [-0.4, -0.2) is 92.3 Å². The van der Waals surface area contributed by atoms with Crippen LogP contribution in [0.25, 0.3) is 0 Å². The van der Waals surface area contributed by atoms with E-state index in [2.05, 4.69) is 25.7 Å². The van der Waals surface area contributed by atoms with Crippen LogP contribution < -0.4 is 20.9 Å². The van der Waals surface area contributed by atoms with Crippen LogP contribution in [0.5, 0.6) is 5.75 Å². The number of alkyl halides is 4. The molecule has 4 rings (SSSR count). The van der Waals surface area contributed by atoms with Gasteiger partial charge in [0.25, 0.3) is 11.5 Å². The maximum Gasteiger partial charge on any atom is 0.573 e. The topological polar surface area (TPSA) is 144 Å². The van der Waals surface area contributed by atoms with Gasteiger partial charge in [-0.3, -0.25) is 24.1 Å². The van der Waals surface area contributed by atoms with Crippen molar-refractivity contribution in [3.8, 4) is 5.75 Å². The number of ether oxygens (including phenoxy) is 1. The van der Waals surface area contributed by atoms with Crippen molar-refractivity contribution in [3.63, 3.8) is 0 Å². The molecule has 3 amide bonds. The molecule has 0 aliphatic carbocycles. The predicted molar refractivity (Wildman–Crippen MR) is 152 cm³/mol. The zero-order valence-corrected chi connectivity index (χ0v) is 24.3. The molecule has 1 atom stereocenters. The zero-order valence-electron chi connectivity index (χ0n) is 24.3. The molecule has 1 aromatic carbocycles. The minimum atomic E-state index is -4.84. The molecule has 17 heteroatoms. The summed E-state index contributed by atoms with van der Waals surface area (Å²) < 4.78 is 58.3. The molecule has 1 saturated heterocycles. The first-order valence-corrected chi connectivity index (χ1v) is 14.0. The fraction of sp³-hybridized carbons (Fsp3) is 0.429. The number of hydrogen-bond donors (Lipinski definition) is 2. The molecule has 0 radical (unpaired) electrons. The maximum absolute atomic E-state index is 14.7. The fourth-order valence-electron chi connectivity index (χ4n) is 4.59. The molecule has 1 unspecified atom stereocenters. The molecular weight excluding hydrogens is 604 g/mol. The number of nitrogens with one attached hydrogen (secondary N) is 2. The van der Waals surface area contributed by atoms with Crippen molar-refractivity contribution in [1.29, 1.82) is 0 Å². The van der Waals surface area contributed by atoms with Gasteiger partial charge in [0, 0.05) is 64.1 Å². The van der Waals surface area contributed by atoms with Crippen LogP contribution in [0.1, 0.15) is 29.4 Å². The summed E-state index contributed by atoms with van der Waals surface area (Å²) in [6.07, 6.45) is -3.63. The second-order valence-electron chi connectivity index (χ2n) is 10.4. The number of halogens is 4. The molecule has 1 aliphatic heterocycles. The van der Waals surface area contributed by atoms with E-state index in [1.54, 1.807) is 11.0 Å². The Morgan fingerprint density at radius 1 is 1.09 bits per heavy atom. The van der Waals surface area contributed by atoms with Gasteiger partial charge in [0.2, 0.25) is 11.8 Å². The van der Waals surface area contributed by atoms with Crippen molar-refractivity contribution in [2.45, 2.75) is 45.5 Å². The minimum absolute atomic E-state index is 0.00225. The Morgan fingerprint density at radius 2 is 1.84 bits per heavy atom. The molecule has 242 valence electrons. The SMILES string of the molecule is CC(=O)N1CCN(CC(=O)Nc2ccn(CCC(F)Cn3cc(C(=O)NCc4cccc(OC(F)(F)F)c4)nn3)c(=O)c2)CC1. The Labute approximate surface area is 254 Å². The van der Waals surface area contributed by atoms with Gasteiger partial charge in [-0.2, -0.15) is 0 Å². The third kappa shape index (κ3) is 10.4. The molecule has 45 heavy (non-hydrogen) atoms. The Morgan fingerprint density at radius 3 is 2.53 bits per heavy atom. The van der Waals surface area contributed by atoms with Crippen molar-refractivity contribution in [2.24, 2.45) is 0 Å². The predicted octanol–water partition coefficient (Wildman–Crippen LogP) is 1.80. The van der Waals surface area contributed by atoms with Crippen LogP contribution in [-0.2, 0) is 29.2 Å². The number of amides is 3. The molecule has 13 nitrogen and oxygen atoms in total. The van der Waals surface area contributed by atoms with Crippen LogP contribution in [0.3, 0.4) is 0 Å². The van der Waals surface area contributed by atoms with Gasteiger partial charge >= 0.3 is 6.36 Å². The van der Waals surface area contributed by atoms with E-state index < -0.39 is 29.7 Å². The first-order valence-electron chi connectivity index (χ1n) is 14.0. The summed E-state index contributed by atoms with van der Waals surface area (Å²) >= 11 is 0. The lowest BCUT2D eigenvalue weighted by atomic mass is 10.2. The van der Waals surface area contributed by atoms with E-state index in [-0.39, 0.29) is 50.1 Å². The number of carbonyl (C=O) groups is 3. The van der Waals surface area contributed by atoms with Crippen LogP contribution in [0.15, 0.2) is 53.6 Å². The van der Waals surface area contributed by atoms with Crippen molar-refractivity contribution >= 4 is 23.4 Å². The van der Waals surface area contributed by atoms with E-state index in [1.807, 2.05) is 4.90 Å². The lowest BCUT2D eigenvalue weighted by molar-refractivity contribution is -0.274. The normalized spacial score (nSPS) is 14.6. The fourth-order valence-corrected chi connectivity index (χ4v) is 4.59. The van der Waals surface area contributed by atoms with Crippen LogP contribution >= 0.6 is 0 Å². The number of nitrogens with zero attached hydrogens (tertiary/aromatic N) is 6. The number of aryl methyl sites for hydroxylation is 1. The molecule has 0 spiro atoms. The summed E-state index contributed by atoms with van der Waals surface area (Å²) in [4.78, 5) is 52.4. The largest absolute Gasteiger partial charge is 0.573 e. The molecule has 3 heterocycles. The molecule has 0 bridgehead atoms. The molecular formula is C28H32F4N8O5. The average molecular weight is 637 g/mol. The van der Waals surface area contributed by atoms with E-state index in [4.69, 9.17) is 0 Å². The lowest BCUT2D eigenvalue weighted by Crippen LogP contribution is -2.49. The lowest BCUT2D eigenvalue weighted by Gasteiger charge is -2.33. The number of rotatable bonds is 12. The number of aromatic nitrogens is 4. The van der Waals surface area contributed by atoms with Gasteiger partial charge in [-0.05, 0) is 30.2 Å². The van der Waals surface area contributed by atoms with Crippen molar-refractivity contribution in [3.05, 3.63) is 70.4 Å². The summed E-state index contributed by atoms with van der Waals surface area (Å²) in [5.74, 6) is -1.38. The van der Waals surface area contributed by atoms with Gasteiger partial charge in [-0.25, -0.2) is 9.07 Å². The number of anilines is 1.